The van der Waals surface area contributed by atoms with Crippen LogP contribution in [0, 0.1) is 6.92 Å². The van der Waals surface area contributed by atoms with Crippen LogP contribution in [-0.4, -0.2) is 21.7 Å². The molecule has 108 valence electrons. The van der Waals surface area contributed by atoms with Gasteiger partial charge in [0.25, 0.3) is 0 Å². The molecule has 0 aliphatic rings. The lowest BCUT2D eigenvalue weighted by atomic mass is 10.3. The number of aromatic nitrogens is 2. The molecule has 4 nitrogen and oxygen atoms in total. The molecule has 1 heterocycles. The SMILES string of the molecule is Cc1cn(-c2ccc(OC(C)C)cc2)c(NC(C)C)n1. The summed E-state index contributed by atoms with van der Waals surface area (Å²) < 4.78 is 7.73. The molecule has 1 aromatic carbocycles. The highest BCUT2D eigenvalue weighted by atomic mass is 16.5. The second kappa shape index (κ2) is 5.99. The molecule has 0 bridgehead atoms. The van der Waals surface area contributed by atoms with Gasteiger partial charge in [-0.2, -0.15) is 0 Å². The monoisotopic (exact) mass is 273 g/mol. The number of hydrogen-bond acceptors (Lipinski definition) is 3. The molecule has 2 aromatic rings. The van der Waals surface area contributed by atoms with E-state index in [0.29, 0.717) is 6.04 Å². The summed E-state index contributed by atoms with van der Waals surface area (Å²) in [5.41, 5.74) is 2.07. The second-order valence-electron chi connectivity index (χ2n) is 5.54. The van der Waals surface area contributed by atoms with Gasteiger partial charge in [0.05, 0.1) is 11.8 Å². The van der Waals surface area contributed by atoms with E-state index in [-0.39, 0.29) is 6.10 Å². The largest absolute Gasteiger partial charge is 0.491 e. The average molecular weight is 273 g/mol. The van der Waals surface area contributed by atoms with Crippen LogP contribution in [0.5, 0.6) is 5.75 Å². The van der Waals surface area contributed by atoms with E-state index in [1.165, 1.54) is 0 Å². The van der Waals surface area contributed by atoms with Crippen molar-refractivity contribution in [2.24, 2.45) is 0 Å². The van der Waals surface area contributed by atoms with E-state index in [9.17, 15) is 0 Å². The first-order valence-corrected chi connectivity index (χ1v) is 7.05. The van der Waals surface area contributed by atoms with Crippen LogP contribution < -0.4 is 10.1 Å². The predicted octanol–water partition coefficient (Wildman–Crippen LogP) is 3.79. The quantitative estimate of drug-likeness (QED) is 0.901. The van der Waals surface area contributed by atoms with E-state index in [1.54, 1.807) is 0 Å². The van der Waals surface area contributed by atoms with Crippen molar-refractivity contribution in [1.82, 2.24) is 9.55 Å². The van der Waals surface area contributed by atoms with Gasteiger partial charge in [-0.05, 0) is 58.9 Å². The molecule has 2 rings (SSSR count). The summed E-state index contributed by atoms with van der Waals surface area (Å²) in [5.74, 6) is 1.76. The summed E-state index contributed by atoms with van der Waals surface area (Å²) in [6.07, 6.45) is 2.22. The molecule has 0 radical (unpaired) electrons. The van der Waals surface area contributed by atoms with Gasteiger partial charge in [-0.3, -0.25) is 4.57 Å². The van der Waals surface area contributed by atoms with Gasteiger partial charge < -0.3 is 10.1 Å². The zero-order chi connectivity index (χ0) is 14.7. The average Bonchev–Trinajstić information content (AvgIpc) is 2.69. The van der Waals surface area contributed by atoms with Crippen LogP contribution in [0.1, 0.15) is 33.4 Å². The number of aryl methyl sites for hydroxylation is 1. The lowest BCUT2D eigenvalue weighted by Gasteiger charge is -2.13. The van der Waals surface area contributed by atoms with Gasteiger partial charge in [-0.25, -0.2) is 4.98 Å². The lowest BCUT2D eigenvalue weighted by molar-refractivity contribution is 0.242. The van der Waals surface area contributed by atoms with Gasteiger partial charge in [-0.15, -0.1) is 0 Å². The molecule has 0 unspecified atom stereocenters. The molecular weight excluding hydrogens is 250 g/mol. The minimum Gasteiger partial charge on any atom is -0.491 e. The Bertz CT molecular complexity index is 556. The smallest absolute Gasteiger partial charge is 0.207 e. The highest BCUT2D eigenvalue weighted by molar-refractivity contribution is 5.45. The molecule has 0 amide bonds. The van der Waals surface area contributed by atoms with E-state index in [4.69, 9.17) is 4.74 Å². The lowest BCUT2D eigenvalue weighted by Crippen LogP contribution is -2.14. The highest BCUT2D eigenvalue weighted by Gasteiger charge is 2.08. The van der Waals surface area contributed by atoms with E-state index < -0.39 is 0 Å². The summed E-state index contributed by atoms with van der Waals surface area (Å²) in [6.45, 7) is 10.3. The molecular formula is C16H23N3O. The van der Waals surface area contributed by atoms with E-state index in [1.807, 2.05) is 51.2 Å². The second-order valence-corrected chi connectivity index (χ2v) is 5.54. The fourth-order valence-electron chi connectivity index (χ4n) is 2.01. The Morgan fingerprint density at radius 1 is 1.10 bits per heavy atom. The number of ether oxygens (including phenoxy) is 1. The van der Waals surface area contributed by atoms with Crippen molar-refractivity contribution in [3.05, 3.63) is 36.2 Å². The number of imidazole rings is 1. The van der Waals surface area contributed by atoms with Crippen molar-refractivity contribution in [2.75, 3.05) is 5.32 Å². The molecule has 0 aliphatic heterocycles. The van der Waals surface area contributed by atoms with Gasteiger partial charge in [0, 0.05) is 17.9 Å². The molecule has 4 heteroatoms. The Kier molecular flexibility index (Phi) is 4.32. The molecule has 0 saturated carbocycles. The summed E-state index contributed by atoms with van der Waals surface area (Å²) in [7, 11) is 0. The van der Waals surface area contributed by atoms with Gasteiger partial charge in [0.2, 0.25) is 5.95 Å². The first-order chi connectivity index (χ1) is 9.45. The van der Waals surface area contributed by atoms with Crippen molar-refractivity contribution in [1.29, 1.82) is 0 Å². The van der Waals surface area contributed by atoms with Gasteiger partial charge in [0.15, 0.2) is 0 Å². The molecule has 0 fully saturated rings. The van der Waals surface area contributed by atoms with Crippen molar-refractivity contribution < 1.29 is 4.74 Å². The molecule has 1 N–H and O–H groups in total. The van der Waals surface area contributed by atoms with E-state index >= 15 is 0 Å². The van der Waals surface area contributed by atoms with Crippen molar-refractivity contribution in [3.63, 3.8) is 0 Å². The fraction of sp³-hybridized carbons (Fsp3) is 0.438. The van der Waals surface area contributed by atoms with Crippen LogP contribution >= 0.6 is 0 Å². The first-order valence-electron chi connectivity index (χ1n) is 7.05. The number of hydrogen-bond donors (Lipinski definition) is 1. The maximum absolute atomic E-state index is 5.66. The van der Waals surface area contributed by atoms with Crippen LogP contribution in [-0.2, 0) is 0 Å². The molecule has 0 spiro atoms. The first kappa shape index (κ1) is 14.4. The van der Waals surface area contributed by atoms with Gasteiger partial charge in [0.1, 0.15) is 5.75 Å². The maximum Gasteiger partial charge on any atom is 0.207 e. The third-order valence-corrected chi connectivity index (χ3v) is 2.73. The third kappa shape index (κ3) is 3.53. The van der Waals surface area contributed by atoms with Crippen LogP contribution in [0.25, 0.3) is 5.69 Å². The molecule has 1 aromatic heterocycles. The van der Waals surface area contributed by atoms with Crippen molar-refractivity contribution in [2.45, 2.75) is 46.8 Å². The number of benzene rings is 1. The Hall–Kier alpha value is -1.97. The minimum absolute atomic E-state index is 0.189. The van der Waals surface area contributed by atoms with Gasteiger partial charge >= 0.3 is 0 Å². The zero-order valence-electron chi connectivity index (χ0n) is 12.8. The highest BCUT2D eigenvalue weighted by Crippen LogP contribution is 2.21. The Morgan fingerprint density at radius 2 is 1.75 bits per heavy atom. The number of nitrogens with one attached hydrogen (secondary N) is 1. The van der Waals surface area contributed by atoms with Crippen molar-refractivity contribution in [3.8, 4) is 11.4 Å². The topological polar surface area (TPSA) is 39.1 Å². The predicted molar refractivity (Wildman–Crippen MR) is 82.8 cm³/mol. The summed E-state index contributed by atoms with van der Waals surface area (Å²) in [4.78, 5) is 4.52. The summed E-state index contributed by atoms with van der Waals surface area (Å²) >= 11 is 0. The summed E-state index contributed by atoms with van der Waals surface area (Å²) in [5, 5.41) is 3.36. The van der Waals surface area contributed by atoms with Crippen LogP contribution in [0.2, 0.25) is 0 Å². The van der Waals surface area contributed by atoms with Crippen LogP contribution in [0.15, 0.2) is 30.5 Å². The third-order valence-electron chi connectivity index (χ3n) is 2.73. The molecule has 20 heavy (non-hydrogen) atoms. The van der Waals surface area contributed by atoms with Crippen LogP contribution in [0.4, 0.5) is 5.95 Å². The normalized spacial score (nSPS) is 11.2. The maximum atomic E-state index is 5.66. The van der Waals surface area contributed by atoms with E-state index in [0.717, 1.165) is 23.1 Å². The van der Waals surface area contributed by atoms with Crippen LogP contribution in [0.3, 0.4) is 0 Å². The standard InChI is InChI=1S/C16H23N3O/c1-11(2)17-16-18-13(5)10-19(16)14-6-8-15(9-7-14)20-12(3)4/h6-12H,1-5H3,(H,17,18). The van der Waals surface area contributed by atoms with Crippen molar-refractivity contribution >= 4 is 5.95 Å². The molecule has 0 atom stereocenters. The van der Waals surface area contributed by atoms with E-state index in [2.05, 4.69) is 28.7 Å². The Labute approximate surface area is 120 Å². The number of rotatable bonds is 5. The molecule has 0 aliphatic carbocycles. The Morgan fingerprint density at radius 3 is 2.30 bits per heavy atom. The Balaban J connectivity index is 2.27. The summed E-state index contributed by atoms with van der Waals surface area (Å²) in [6, 6.07) is 8.42. The number of nitrogens with zero attached hydrogens (tertiary/aromatic N) is 2. The molecule has 0 saturated heterocycles. The fourth-order valence-corrected chi connectivity index (χ4v) is 2.01. The zero-order valence-corrected chi connectivity index (χ0v) is 12.8. The number of anilines is 1. The van der Waals surface area contributed by atoms with Gasteiger partial charge in [-0.1, -0.05) is 0 Å². The minimum atomic E-state index is 0.189.